The molecular weight excluding hydrogens is 192 g/mol. The Bertz CT molecular complexity index is 276. The van der Waals surface area contributed by atoms with Gasteiger partial charge in [0.1, 0.15) is 0 Å². The maximum absolute atomic E-state index is 11.9. The number of amides is 2. The van der Waals surface area contributed by atoms with Gasteiger partial charge in [0.25, 0.3) is 0 Å². The molecule has 1 heterocycles. The van der Waals surface area contributed by atoms with Gasteiger partial charge in [0.05, 0.1) is 5.92 Å². The van der Waals surface area contributed by atoms with E-state index in [4.69, 9.17) is 0 Å². The van der Waals surface area contributed by atoms with Crippen LogP contribution >= 0.6 is 0 Å². The fraction of sp³-hybridized carbons (Fsp3) is 0.636. The summed E-state index contributed by atoms with van der Waals surface area (Å²) < 4.78 is 0. The number of nitrogens with zero attached hydrogens (tertiary/aromatic N) is 1. The summed E-state index contributed by atoms with van der Waals surface area (Å²) in [6, 6.07) is 0. The Morgan fingerprint density at radius 1 is 1.67 bits per heavy atom. The van der Waals surface area contributed by atoms with Gasteiger partial charge < -0.3 is 10.2 Å². The highest BCUT2D eigenvalue weighted by Gasteiger charge is 2.26. The number of nitrogens with one attached hydrogen (secondary N) is 1. The van der Waals surface area contributed by atoms with Gasteiger partial charge in [-0.15, -0.1) is 0 Å². The minimum absolute atomic E-state index is 0.0432. The number of likely N-dealkylation sites (N-methyl/N-ethyl adjacent to an activating group) is 1. The first kappa shape index (κ1) is 11.8. The van der Waals surface area contributed by atoms with E-state index in [1.165, 1.54) is 0 Å². The molecule has 4 heteroatoms. The SMILES string of the molecule is C=C(C)CN(C)C(=O)C1CCC(=O)NC1. The predicted molar refractivity (Wildman–Crippen MR) is 58.2 cm³/mol. The maximum Gasteiger partial charge on any atom is 0.227 e. The molecule has 1 atom stereocenters. The lowest BCUT2D eigenvalue weighted by Gasteiger charge is -2.26. The largest absolute Gasteiger partial charge is 0.355 e. The number of rotatable bonds is 3. The van der Waals surface area contributed by atoms with Gasteiger partial charge in [0.2, 0.25) is 11.8 Å². The van der Waals surface area contributed by atoms with E-state index < -0.39 is 0 Å². The number of carbonyl (C=O) groups excluding carboxylic acids is 2. The van der Waals surface area contributed by atoms with E-state index in [2.05, 4.69) is 11.9 Å². The minimum Gasteiger partial charge on any atom is -0.355 e. The van der Waals surface area contributed by atoms with Crippen molar-refractivity contribution in [3.05, 3.63) is 12.2 Å². The third-order valence-corrected chi connectivity index (χ3v) is 2.50. The average Bonchev–Trinajstić information content (AvgIpc) is 2.17. The zero-order chi connectivity index (χ0) is 11.4. The van der Waals surface area contributed by atoms with Gasteiger partial charge in [-0.3, -0.25) is 9.59 Å². The first-order valence-corrected chi connectivity index (χ1v) is 5.16. The van der Waals surface area contributed by atoms with Crippen LogP contribution in [0.5, 0.6) is 0 Å². The summed E-state index contributed by atoms with van der Waals surface area (Å²) in [5, 5.41) is 2.71. The van der Waals surface area contributed by atoms with Crippen molar-refractivity contribution in [3.8, 4) is 0 Å². The molecule has 0 aliphatic carbocycles. The van der Waals surface area contributed by atoms with E-state index >= 15 is 0 Å². The number of hydrogen-bond donors (Lipinski definition) is 1. The van der Waals surface area contributed by atoms with Crippen molar-refractivity contribution in [2.45, 2.75) is 19.8 Å². The Balaban J connectivity index is 2.46. The molecule has 1 aliphatic rings. The first-order chi connectivity index (χ1) is 7.00. The summed E-state index contributed by atoms with van der Waals surface area (Å²) in [6.45, 7) is 6.72. The lowest BCUT2D eigenvalue weighted by atomic mass is 9.98. The summed E-state index contributed by atoms with van der Waals surface area (Å²) in [7, 11) is 1.77. The molecule has 84 valence electrons. The summed E-state index contributed by atoms with van der Waals surface area (Å²) in [4.78, 5) is 24.5. The molecule has 0 bridgehead atoms. The highest BCUT2D eigenvalue weighted by Crippen LogP contribution is 2.13. The van der Waals surface area contributed by atoms with E-state index in [-0.39, 0.29) is 17.7 Å². The van der Waals surface area contributed by atoms with Crippen LogP contribution in [0.25, 0.3) is 0 Å². The predicted octanol–water partition coefficient (Wildman–Crippen LogP) is 0.547. The van der Waals surface area contributed by atoms with Crippen LogP contribution in [0.3, 0.4) is 0 Å². The minimum atomic E-state index is -0.0629. The van der Waals surface area contributed by atoms with Crippen molar-refractivity contribution in [2.75, 3.05) is 20.1 Å². The zero-order valence-electron chi connectivity index (χ0n) is 9.38. The molecule has 1 aliphatic heterocycles. The van der Waals surface area contributed by atoms with Crippen LogP contribution in [0.15, 0.2) is 12.2 Å². The smallest absolute Gasteiger partial charge is 0.227 e. The third kappa shape index (κ3) is 3.38. The molecule has 2 amide bonds. The van der Waals surface area contributed by atoms with Gasteiger partial charge in [-0.1, -0.05) is 12.2 Å². The van der Waals surface area contributed by atoms with Gasteiger partial charge in [-0.05, 0) is 13.3 Å². The first-order valence-electron chi connectivity index (χ1n) is 5.16. The molecule has 4 nitrogen and oxygen atoms in total. The topological polar surface area (TPSA) is 49.4 Å². The molecule has 0 aromatic carbocycles. The van der Waals surface area contributed by atoms with Crippen LogP contribution in [0.1, 0.15) is 19.8 Å². The Morgan fingerprint density at radius 2 is 2.33 bits per heavy atom. The summed E-state index contributed by atoms with van der Waals surface area (Å²) >= 11 is 0. The number of hydrogen-bond acceptors (Lipinski definition) is 2. The Kier molecular flexibility index (Phi) is 3.88. The van der Waals surface area contributed by atoms with E-state index in [0.29, 0.717) is 25.9 Å². The number of carbonyl (C=O) groups is 2. The van der Waals surface area contributed by atoms with Crippen molar-refractivity contribution in [1.82, 2.24) is 10.2 Å². The van der Waals surface area contributed by atoms with Crippen molar-refractivity contribution < 1.29 is 9.59 Å². The van der Waals surface area contributed by atoms with Crippen molar-refractivity contribution in [3.63, 3.8) is 0 Å². The Morgan fingerprint density at radius 3 is 2.80 bits per heavy atom. The van der Waals surface area contributed by atoms with E-state index in [0.717, 1.165) is 5.57 Å². The van der Waals surface area contributed by atoms with Crippen LogP contribution in [-0.4, -0.2) is 36.9 Å². The molecule has 1 N–H and O–H groups in total. The van der Waals surface area contributed by atoms with Crippen LogP contribution in [-0.2, 0) is 9.59 Å². The fourth-order valence-corrected chi connectivity index (χ4v) is 1.74. The Hall–Kier alpha value is -1.32. The lowest BCUT2D eigenvalue weighted by Crippen LogP contribution is -2.43. The fourth-order valence-electron chi connectivity index (χ4n) is 1.74. The van der Waals surface area contributed by atoms with Gasteiger partial charge in [0, 0.05) is 26.6 Å². The van der Waals surface area contributed by atoms with Crippen molar-refractivity contribution >= 4 is 11.8 Å². The third-order valence-electron chi connectivity index (χ3n) is 2.50. The molecular formula is C11H18N2O2. The zero-order valence-corrected chi connectivity index (χ0v) is 9.38. The second kappa shape index (κ2) is 4.96. The molecule has 0 spiro atoms. The molecule has 1 rings (SSSR count). The van der Waals surface area contributed by atoms with E-state index in [1.54, 1.807) is 11.9 Å². The maximum atomic E-state index is 11.9. The molecule has 0 saturated carbocycles. The molecule has 0 aromatic rings. The van der Waals surface area contributed by atoms with Gasteiger partial charge in [0.15, 0.2) is 0 Å². The van der Waals surface area contributed by atoms with Gasteiger partial charge in [-0.2, -0.15) is 0 Å². The molecule has 0 radical (unpaired) electrons. The second-order valence-electron chi connectivity index (χ2n) is 4.19. The number of piperidine rings is 1. The van der Waals surface area contributed by atoms with Crippen LogP contribution in [0.4, 0.5) is 0 Å². The lowest BCUT2D eigenvalue weighted by molar-refractivity contribution is -0.135. The highest BCUT2D eigenvalue weighted by atomic mass is 16.2. The summed E-state index contributed by atoms with van der Waals surface area (Å²) in [5.74, 6) is 0.0756. The molecule has 1 fully saturated rings. The highest BCUT2D eigenvalue weighted by molar-refractivity contribution is 5.83. The molecule has 15 heavy (non-hydrogen) atoms. The monoisotopic (exact) mass is 210 g/mol. The van der Waals surface area contributed by atoms with Crippen molar-refractivity contribution in [1.29, 1.82) is 0 Å². The van der Waals surface area contributed by atoms with Gasteiger partial charge in [-0.25, -0.2) is 0 Å². The van der Waals surface area contributed by atoms with Crippen LogP contribution in [0.2, 0.25) is 0 Å². The molecule has 1 saturated heterocycles. The van der Waals surface area contributed by atoms with Crippen LogP contribution in [0, 0.1) is 5.92 Å². The average molecular weight is 210 g/mol. The van der Waals surface area contributed by atoms with E-state index in [9.17, 15) is 9.59 Å². The normalized spacial score (nSPS) is 20.7. The van der Waals surface area contributed by atoms with Gasteiger partial charge >= 0.3 is 0 Å². The standard InChI is InChI=1S/C11H18N2O2/c1-8(2)7-13(3)11(15)9-4-5-10(14)12-6-9/h9H,1,4-7H2,2-3H3,(H,12,14). The van der Waals surface area contributed by atoms with Crippen LogP contribution < -0.4 is 5.32 Å². The summed E-state index contributed by atoms with van der Waals surface area (Å²) in [6.07, 6.45) is 1.11. The van der Waals surface area contributed by atoms with E-state index in [1.807, 2.05) is 6.92 Å². The quantitative estimate of drug-likeness (QED) is 0.691. The van der Waals surface area contributed by atoms with Crippen molar-refractivity contribution in [2.24, 2.45) is 5.92 Å². The summed E-state index contributed by atoms with van der Waals surface area (Å²) in [5.41, 5.74) is 0.964. The molecule has 0 aromatic heterocycles. The second-order valence-corrected chi connectivity index (χ2v) is 4.19. The molecule has 1 unspecified atom stereocenters. The Labute approximate surface area is 90.3 Å².